The van der Waals surface area contributed by atoms with Crippen molar-refractivity contribution in [3.05, 3.63) is 40.4 Å². The number of fused-ring (bicyclic) bond motifs is 1. The predicted octanol–water partition coefficient (Wildman–Crippen LogP) is 4.48. The van der Waals surface area contributed by atoms with Crippen LogP contribution in [-0.4, -0.2) is 27.3 Å². The number of urea groups is 1. The van der Waals surface area contributed by atoms with Crippen LogP contribution >= 0.6 is 11.6 Å². The van der Waals surface area contributed by atoms with Gasteiger partial charge in [0, 0.05) is 24.5 Å². The van der Waals surface area contributed by atoms with Crippen molar-refractivity contribution >= 4 is 23.3 Å². The summed E-state index contributed by atoms with van der Waals surface area (Å²) in [5, 5.41) is 12.4. The second-order valence-corrected chi connectivity index (χ2v) is 7.53. The number of aryl methyl sites for hydroxylation is 2. The summed E-state index contributed by atoms with van der Waals surface area (Å²) in [6.45, 7) is 6.05. The molecule has 1 aromatic heterocycles. The molecule has 0 bridgehead atoms. The zero-order valence-corrected chi connectivity index (χ0v) is 16.9. The van der Waals surface area contributed by atoms with Crippen molar-refractivity contribution < 1.29 is 4.79 Å². The number of carbonyl (C=O) groups excluding carboxylic acids is 1. The fourth-order valence-corrected chi connectivity index (χ4v) is 3.58. The second-order valence-electron chi connectivity index (χ2n) is 7.10. The van der Waals surface area contributed by atoms with Crippen LogP contribution < -0.4 is 10.2 Å². The molecule has 1 aliphatic heterocycles. The molecule has 1 aliphatic rings. The Kier molecular flexibility index (Phi) is 6.72. The number of aromatic nitrogens is 3. The molecule has 3 rings (SSSR count). The molecular formula is C20H28ClN5O. The van der Waals surface area contributed by atoms with E-state index in [1.54, 1.807) is 4.90 Å². The van der Waals surface area contributed by atoms with Gasteiger partial charge in [-0.15, -0.1) is 10.2 Å². The second kappa shape index (κ2) is 9.22. The minimum Gasteiger partial charge on any atom is -0.338 e. The smallest absolute Gasteiger partial charge is 0.322 e. The molecule has 1 N–H and O–H groups in total. The highest BCUT2D eigenvalue weighted by molar-refractivity contribution is 6.31. The van der Waals surface area contributed by atoms with E-state index in [0.717, 1.165) is 61.5 Å². The van der Waals surface area contributed by atoms with Gasteiger partial charge in [0.1, 0.15) is 5.82 Å². The molecule has 0 radical (unpaired) electrons. The van der Waals surface area contributed by atoms with Crippen molar-refractivity contribution in [2.45, 2.75) is 65.5 Å². The first kappa shape index (κ1) is 19.7. The van der Waals surface area contributed by atoms with Gasteiger partial charge in [-0.25, -0.2) is 4.79 Å². The summed E-state index contributed by atoms with van der Waals surface area (Å²) in [6.07, 6.45) is 6.41. The van der Waals surface area contributed by atoms with Crippen LogP contribution in [0.1, 0.15) is 56.2 Å². The highest BCUT2D eigenvalue weighted by Crippen LogP contribution is 2.26. The Balaban J connectivity index is 1.89. The van der Waals surface area contributed by atoms with Gasteiger partial charge >= 0.3 is 6.03 Å². The molecule has 2 aromatic rings. The first-order valence-corrected chi connectivity index (χ1v) is 10.2. The van der Waals surface area contributed by atoms with E-state index in [1.165, 1.54) is 6.42 Å². The monoisotopic (exact) mass is 389 g/mol. The number of nitrogens with zero attached hydrogens (tertiary/aromatic N) is 4. The van der Waals surface area contributed by atoms with Crippen LogP contribution in [0.15, 0.2) is 18.2 Å². The van der Waals surface area contributed by atoms with Crippen molar-refractivity contribution in [2.24, 2.45) is 0 Å². The van der Waals surface area contributed by atoms with Gasteiger partial charge in [0.15, 0.2) is 5.82 Å². The molecule has 0 atom stereocenters. The van der Waals surface area contributed by atoms with Gasteiger partial charge in [0.2, 0.25) is 0 Å². The minimum absolute atomic E-state index is 0.125. The lowest BCUT2D eigenvalue weighted by Crippen LogP contribution is -2.41. The van der Waals surface area contributed by atoms with E-state index in [1.807, 2.05) is 25.1 Å². The summed E-state index contributed by atoms with van der Waals surface area (Å²) in [5.41, 5.74) is 1.81. The lowest BCUT2D eigenvalue weighted by Gasteiger charge is -2.25. The van der Waals surface area contributed by atoms with E-state index >= 15 is 0 Å². The topological polar surface area (TPSA) is 63.1 Å². The molecule has 146 valence electrons. The lowest BCUT2D eigenvalue weighted by atomic mass is 10.2. The zero-order chi connectivity index (χ0) is 19.2. The molecule has 0 unspecified atom stereocenters. The number of unbranched alkanes of at least 4 members (excludes halogenated alkanes) is 1. The molecule has 0 spiro atoms. The normalized spacial score (nSPS) is 13.7. The van der Waals surface area contributed by atoms with Gasteiger partial charge in [-0.3, -0.25) is 4.90 Å². The van der Waals surface area contributed by atoms with Gasteiger partial charge in [-0.1, -0.05) is 37.4 Å². The standard InChI is InChI=1S/C20H28ClN5O/c1-3-4-11-22-20(27)26(17-13-16(21)10-9-15(17)2)14-19-24-23-18-8-6-5-7-12-25(18)19/h9-10,13H,3-8,11-12,14H2,1-2H3,(H,22,27). The van der Waals surface area contributed by atoms with E-state index in [9.17, 15) is 4.79 Å². The van der Waals surface area contributed by atoms with Crippen LogP contribution in [0, 0.1) is 6.92 Å². The maximum Gasteiger partial charge on any atom is 0.322 e. The van der Waals surface area contributed by atoms with Crippen molar-refractivity contribution in [1.82, 2.24) is 20.1 Å². The van der Waals surface area contributed by atoms with Crippen LogP contribution in [0.4, 0.5) is 10.5 Å². The number of hydrogen-bond donors (Lipinski definition) is 1. The minimum atomic E-state index is -0.125. The van der Waals surface area contributed by atoms with Gasteiger partial charge in [-0.2, -0.15) is 0 Å². The first-order chi connectivity index (χ1) is 13.1. The Bertz CT molecular complexity index is 789. The van der Waals surface area contributed by atoms with Crippen LogP contribution in [-0.2, 0) is 19.5 Å². The Morgan fingerprint density at radius 3 is 2.96 bits per heavy atom. The number of rotatable bonds is 6. The maximum absolute atomic E-state index is 13.0. The summed E-state index contributed by atoms with van der Waals surface area (Å²) >= 11 is 6.22. The molecule has 0 saturated heterocycles. The average Bonchev–Trinajstić information content (AvgIpc) is 2.87. The Morgan fingerprint density at radius 1 is 1.30 bits per heavy atom. The molecule has 2 amide bonds. The zero-order valence-electron chi connectivity index (χ0n) is 16.2. The Labute approximate surface area is 165 Å². The number of anilines is 1. The van der Waals surface area contributed by atoms with Crippen molar-refractivity contribution in [3.63, 3.8) is 0 Å². The van der Waals surface area contributed by atoms with E-state index in [-0.39, 0.29) is 6.03 Å². The summed E-state index contributed by atoms with van der Waals surface area (Å²) in [7, 11) is 0. The van der Waals surface area contributed by atoms with E-state index in [2.05, 4.69) is 27.0 Å². The first-order valence-electron chi connectivity index (χ1n) is 9.82. The third kappa shape index (κ3) is 4.80. The molecule has 2 heterocycles. The van der Waals surface area contributed by atoms with E-state index in [0.29, 0.717) is 18.1 Å². The van der Waals surface area contributed by atoms with Gasteiger partial charge in [-0.05, 0) is 43.9 Å². The fraction of sp³-hybridized carbons (Fsp3) is 0.550. The number of carbonyl (C=O) groups is 1. The molecular weight excluding hydrogens is 362 g/mol. The van der Waals surface area contributed by atoms with Crippen LogP contribution in [0.3, 0.4) is 0 Å². The number of hydrogen-bond acceptors (Lipinski definition) is 3. The maximum atomic E-state index is 13.0. The number of amides is 2. The SMILES string of the molecule is CCCCNC(=O)N(Cc1nnc2n1CCCCC2)c1cc(Cl)ccc1C. The molecule has 27 heavy (non-hydrogen) atoms. The highest BCUT2D eigenvalue weighted by atomic mass is 35.5. The fourth-order valence-electron chi connectivity index (χ4n) is 3.41. The average molecular weight is 390 g/mol. The third-order valence-corrected chi connectivity index (χ3v) is 5.23. The predicted molar refractivity (Wildman–Crippen MR) is 108 cm³/mol. The quantitative estimate of drug-likeness (QED) is 0.740. The molecule has 0 saturated carbocycles. The third-order valence-electron chi connectivity index (χ3n) is 5.00. The van der Waals surface area contributed by atoms with Crippen molar-refractivity contribution in [2.75, 3.05) is 11.4 Å². The largest absolute Gasteiger partial charge is 0.338 e. The summed E-state index contributed by atoms with van der Waals surface area (Å²) in [6, 6.07) is 5.50. The summed E-state index contributed by atoms with van der Waals surface area (Å²) in [4.78, 5) is 14.7. The van der Waals surface area contributed by atoms with Crippen molar-refractivity contribution in [1.29, 1.82) is 0 Å². The number of nitrogens with one attached hydrogen (secondary N) is 1. The van der Waals surface area contributed by atoms with Crippen LogP contribution in [0.2, 0.25) is 5.02 Å². The Morgan fingerprint density at radius 2 is 2.15 bits per heavy atom. The summed E-state index contributed by atoms with van der Waals surface area (Å²) < 4.78 is 2.18. The molecule has 7 heteroatoms. The van der Waals surface area contributed by atoms with Crippen molar-refractivity contribution in [3.8, 4) is 0 Å². The Hall–Kier alpha value is -2.08. The highest BCUT2D eigenvalue weighted by Gasteiger charge is 2.23. The lowest BCUT2D eigenvalue weighted by molar-refractivity contribution is 0.245. The van der Waals surface area contributed by atoms with E-state index in [4.69, 9.17) is 11.6 Å². The number of halogens is 1. The molecule has 1 aromatic carbocycles. The molecule has 0 fully saturated rings. The molecule has 0 aliphatic carbocycles. The van der Waals surface area contributed by atoms with Gasteiger partial charge in [0.05, 0.1) is 12.2 Å². The summed E-state index contributed by atoms with van der Waals surface area (Å²) in [5.74, 6) is 1.86. The van der Waals surface area contributed by atoms with Gasteiger partial charge in [0.25, 0.3) is 0 Å². The van der Waals surface area contributed by atoms with E-state index < -0.39 is 0 Å². The number of benzene rings is 1. The van der Waals surface area contributed by atoms with Crippen LogP contribution in [0.5, 0.6) is 0 Å². The van der Waals surface area contributed by atoms with Crippen LogP contribution in [0.25, 0.3) is 0 Å². The molecule has 6 nitrogen and oxygen atoms in total. The van der Waals surface area contributed by atoms with Gasteiger partial charge < -0.3 is 9.88 Å².